The molecule has 0 spiro atoms. The van der Waals surface area contributed by atoms with Crippen LogP contribution in [0.4, 0.5) is 5.69 Å². The van der Waals surface area contributed by atoms with Crippen LogP contribution in [-0.4, -0.2) is 9.91 Å². The number of rotatable bonds is 4. The predicted octanol–water partition coefficient (Wildman–Crippen LogP) is 2.80. The van der Waals surface area contributed by atoms with Crippen molar-refractivity contribution >= 4 is 5.69 Å². The van der Waals surface area contributed by atoms with E-state index in [1.54, 1.807) is 24.3 Å². The first kappa shape index (κ1) is 13.0. The molecule has 2 rings (SSSR count). The number of hydrogen-bond donors (Lipinski definition) is 1. The van der Waals surface area contributed by atoms with Crippen LogP contribution in [-0.2, 0) is 0 Å². The van der Waals surface area contributed by atoms with Gasteiger partial charge in [0.25, 0.3) is 5.69 Å². The van der Waals surface area contributed by atoms with E-state index in [2.05, 4.69) is 4.98 Å². The normalized spacial score (nSPS) is 11.9. The molecule has 0 amide bonds. The van der Waals surface area contributed by atoms with Crippen LogP contribution in [0.1, 0.15) is 18.7 Å². The van der Waals surface area contributed by atoms with Crippen molar-refractivity contribution in [3.63, 3.8) is 0 Å². The van der Waals surface area contributed by atoms with E-state index in [0.717, 1.165) is 5.69 Å². The maximum Gasteiger partial charge on any atom is 0.273 e. The van der Waals surface area contributed by atoms with Crippen molar-refractivity contribution in [2.75, 3.05) is 0 Å². The lowest BCUT2D eigenvalue weighted by molar-refractivity contribution is -0.384. The fourth-order valence-corrected chi connectivity index (χ4v) is 1.52. The van der Waals surface area contributed by atoms with Gasteiger partial charge in [0.15, 0.2) is 0 Å². The molecule has 6 heteroatoms. The Morgan fingerprint density at radius 2 is 2.11 bits per heavy atom. The Balaban J connectivity index is 2.16. The van der Waals surface area contributed by atoms with Crippen molar-refractivity contribution in [1.82, 2.24) is 4.98 Å². The quantitative estimate of drug-likeness (QED) is 0.673. The fourth-order valence-electron chi connectivity index (χ4n) is 1.52. The Morgan fingerprint density at radius 3 is 2.68 bits per heavy atom. The minimum Gasteiger partial charge on any atom is -0.455 e. The molecule has 0 aliphatic carbocycles. The fraction of sp³-hybridized carbons (Fsp3) is 0.154. The van der Waals surface area contributed by atoms with E-state index in [-0.39, 0.29) is 11.7 Å². The van der Waals surface area contributed by atoms with Crippen LogP contribution in [0.15, 0.2) is 42.6 Å². The number of nitro benzene ring substituents is 1. The molecular formula is C13H13N3O3. The van der Waals surface area contributed by atoms with Gasteiger partial charge in [0.05, 0.1) is 22.9 Å². The first-order valence-corrected chi connectivity index (χ1v) is 5.70. The molecule has 0 radical (unpaired) electrons. The first-order chi connectivity index (χ1) is 9.06. The van der Waals surface area contributed by atoms with E-state index in [1.807, 2.05) is 6.92 Å². The number of non-ortho nitro benzene ring substituents is 1. The summed E-state index contributed by atoms with van der Waals surface area (Å²) in [6, 6.07) is 9.32. The molecule has 2 aromatic rings. The van der Waals surface area contributed by atoms with Crippen LogP contribution < -0.4 is 10.5 Å². The molecule has 0 saturated carbocycles. The van der Waals surface area contributed by atoms with Gasteiger partial charge in [0.2, 0.25) is 0 Å². The van der Waals surface area contributed by atoms with Crippen LogP contribution in [0.25, 0.3) is 0 Å². The lowest BCUT2D eigenvalue weighted by Gasteiger charge is -2.07. The van der Waals surface area contributed by atoms with Crippen LogP contribution in [0.2, 0.25) is 0 Å². The van der Waals surface area contributed by atoms with Crippen molar-refractivity contribution < 1.29 is 9.66 Å². The minimum absolute atomic E-state index is 0.0161. The van der Waals surface area contributed by atoms with Gasteiger partial charge < -0.3 is 10.5 Å². The Labute approximate surface area is 110 Å². The molecule has 0 saturated heterocycles. The van der Waals surface area contributed by atoms with Crippen molar-refractivity contribution in [3.05, 3.63) is 58.4 Å². The van der Waals surface area contributed by atoms with Crippen LogP contribution >= 0.6 is 0 Å². The SMILES string of the molecule is CC(N)c1ccc(Oc2cccc([N+](=O)[O-])c2)cn1. The molecule has 1 unspecified atom stereocenters. The molecule has 1 aromatic heterocycles. The zero-order valence-electron chi connectivity index (χ0n) is 10.3. The van der Waals surface area contributed by atoms with Gasteiger partial charge >= 0.3 is 0 Å². The molecule has 0 bridgehead atoms. The molecule has 6 nitrogen and oxygen atoms in total. The zero-order chi connectivity index (χ0) is 13.8. The molecule has 1 atom stereocenters. The maximum absolute atomic E-state index is 10.6. The van der Waals surface area contributed by atoms with Gasteiger partial charge in [-0.1, -0.05) is 6.07 Å². The zero-order valence-corrected chi connectivity index (χ0v) is 10.3. The number of nitrogens with zero attached hydrogens (tertiary/aromatic N) is 2. The summed E-state index contributed by atoms with van der Waals surface area (Å²) in [4.78, 5) is 14.3. The topological polar surface area (TPSA) is 91.3 Å². The largest absolute Gasteiger partial charge is 0.455 e. The second-order valence-electron chi connectivity index (χ2n) is 4.06. The smallest absolute Gasteiger partial charge is 0.273 e. The summed E-state index contributed by atoms with van der Waals surface area (Å²) in [5.41, 5.74) is 6.43. The lowest BCUT2D eigenvalue weighted by Crippen LogP contribution is -2.06. The standard InChI is InChI=1S/C13H13N3O3/c1-9(14)13-6-5-12(8-15-13)19-11-4-2-3-10(7-11)16(17)18/h2-9H,14H2,1H3. The monoisotopic (exact) mass is 259 g/mol. The van der Waals surface area contributed by atoms with Crippen molar-refractivity contribution in [2.45, 2.75) is 13.0 Å². The Kier molecular flexibility index (Phi) is 3.72. The van der Waals surface area contributed by atoms with Gasteiger partial charge in [-0.05, 0) is 25.1 Å². The summed E-state index contributed by atoms with van der Waals surface area (Å²) in [6.45, 7) is 1.84. The molecule has 1 aromatic carbocycles. The van der Waals surface area contributed by atoms with Crippen LogP contribution in [0.3, 0.4) is 0 Å². The number of ether oxygens (including phenoxy) is 1. The summed E-state index contributed by atoms with van der Waals surface area (Å²) < 4.78 is 5.50. The lowest BCUT2D eigenvalue weighted by atomic mass is 10.2. The second-order valence-corrected chi connectivity index (χ2v) is 4.06. The Bertz CT molecular complexity index is 582. The molecule has 1 heterocycles. The van der Waals surface area contributed by atoms with Gasteiger partial charge in [-0.15, -0.1) is 0 Å². The highest BCUT2D eigenvalue weighted by atomic mass is 16.6. The van der Waals surface area contributed by atoms with Gasteiger partial charge in [0, 0.05) is 12.1 Å². The van der Waals surface area contributed by atoms with Gasteiger partial charge in [-0.3, -0.25) is 15.1 Å². The second kappa shape index (κ2) is 5.45. The number of hydrogen-bond acceptors (Lipinski definition) is 5. The number of aromatic nitrogens is 1. The predicted molar refractivity (Wildman–Crippen MR) is 70.0 cm³/mol. The minimum atomic E-state index is -0.468. The van der Waals surface area contributed by atoms with E-state index >= 15 is 0 Å². The number of benzene rings is 1. The molecule has 98 valence electrons. The summed E-state index contributed by atoms with van der Waals surface area (Å²) in [6.07, 6.45) is 1.54. The summed E-state index contributed by atoms with van der Waals surface area (Å²) in [5.74, 6) is 0.898. The molecule has 0 aliphatic rings. The highest BCUT2D eigenvalue weighted by Crippen LogP contribution is 2.25. The number of nitro groups is 1. The van der Waals surface area contributed by atoms with Crippen molar-refractivity contribution in [1.29, 1.82) is 0 Å². The van der Waals surface area contributed by atoms with E-state index < -0.39 is 4.92 Å². The van der Waals surface area contributed by atoms with Crippen LogP contribution in [0.5, 0.6) is 11.5 Å². The molecular weight excluding hydrogens is 246 g/mol. The Hall–Kier alpha value is -2.47. The summed E-state index contributed by atoms with van der Waals surface area (Å²) >= 11 is 0. The highest BCUT2D eigenvalue weighted by Gasteiger charge is 2.07. The van der Waals surface area contributed by atoms with Gasteiger partial charge in [-0.2, -0.15) is 0 Å². The molecule has 0 fully saturated rings. The summed E-state index contributed by atoms with van der Waals surface area (Å²) in [7, 11) is 0. The number of pyridine rings is 1. The first-order valence-electron chi connectivity index (χ1n) is 5.70. The highest BCUT2D eigenvalue weighted by molar-refractivity contribution is 5.40. The van der Waals surface area contributed by atoms with Crippen molar-refractivity contribution in [2.24, 2.45) is 5.73 Å². The molecule has 19 heavy (non-hydrogen) atoms. The summed E-state index contributed by atoms with van der Waals surface area (Å²) in [5, 5.41) is 10.6. The Morgan fingerprint density at radius 1 is 1.32 bits per heavy atom. The average Bonchev–Trinajstić information content (AvgIpc) is 2.39. The van der Waals surface area contributed by atoms with Crippen molar-refractivity contribution in [3.8, 4) is 11.5 Å². The van der Waals surface area contributed by atoms with E-state index in [1.165, 1.54) is 18.3 Å². The van der Waals surface area contributed by atoms with E-state index in [0.29, 0.717) is 11.5 Å². The average molecular weight is 259 g/mol. The third-order valence-electron chi connectivity index (χ3n) is 2.49. The molecule has 2 N–H and O–H groups in total. The molecule has 0 aliphatic heterocycles. The number of nitrogens with two attached hydrogens (primary N) is 1. The van der Waals surface area contributed by atoms with E-state index in [9.17, 15) is 10.1 Å². The maximum atomic E-state index is 10.6. The van der Waals surface area contributed by atoms with Gasteiger partial charge in [0.1, 0.15) is 11.5 Å². The van der Waals surface area contributed by atoms with Crippen LogP contribution in [0, 0.1) is 10.1 Å². The van der Waals surface area contributed by atoms with E-state index in [4.69, 9.17) is 10.5 Å². The third-order valence-corrected chi connectivity index (χ3v) is 2.49. The third kappa shape index (κ3) is 3.26. The van der Waals surface area contributed by atoms with Gasteiger partial charge in [-0.25, -0.2) is 0 Å².